The lowest BCUT2D eigenvalue weighted by Crippen LogP contribution is -2.45. The Kier molecular flexibility index (Phi) is 6.18. The van der Waals surface area contributed by atoms with E-state index in [2.05, 4.69) is 15.6 Å². The molecule has 0 radical (unpaired) electrons. The molecule has 0 aromatic carbocycles. The fourth-order valence-corrected chi connectivity index (χ4v) is 1.58. The minimum Gasteiger partial charge on any atom is -0.476 e. The molecule has 0 unspecified atom stereocenters. The summed E-state index contributed by atoms with van der Waals surface area (Å²) in [5, 5.41) is 13.8. The molecule has 3 amide bonds. The first kappa shape index (κ1) is 16.5. The first-order chi connectivity index (χ1) is 9.97. The van der Waals surface area contributed by atoms with E-state index in [1.165, 1.54) is 24.5 Å². The van der Waals surface area contributed by atoms with Gasteiger partial charge < -0.3 is 25.2 Å². The number of amides is 3. The minimum atomic E-state index is -1.10. The predicted molar refractivity (Wildman–Crippen MR) is 73.9 cm³/mol. The van der Waals surface area contributed by atoms with Crippen LogP contribution < -0.4 is 10.6 Å². The summed E-state index contributed by atoms with van der Waals surface area (Å²) in [6.07, 6.45) is 2.77. The Labute approximate surface area is 121 Å². The quantitative estimate of drug-likeness (QED) is 0.619. The average Bonchev–Trinajstić information content (AvgIpc) is 2.93. The van der Waals surface area contributed by atoms with Gasteiger partial charge in [-0.25, -0.2) is 14.6 Å². The van der Waals surface area contributed by atoms with Crippen LogP contribution in [0.5, 0.6) is 0 Å². The predicted octanol–water partition coefficient (Wildman–Crippen LogP) is -0.641. The van der Waals surface area contributed by atoms with Crippen LogP contribution in [0, 0.1) is 0 Å². The first-order valence-corrected chi connectivity index (χ1v) is 6.46. The van der Waals surface area contributed by atoms with Crippen LogP contribution in [0.1, 0.15) is 17.4 Å². The van der Waals surface area contributed by atoms with E-state index in [9.17, 15) is 14.4 Å². The lowest BCUT2D eigenvalue weighted by Gasteiger charge is -2.20. The number of carboxylic acid groups (broad SMARTS) is 1. The third-order valence-electron chi connectivity index (χ3n) is 2.78. The SMILES string of the molecule is CCN(CC(=O)NC)C(=O)NCCn1cnc(C(=O)O)c1. The maximum absolute atomic E-state index is 11.8. The Morgan fingerprint density at radius 3 is 2.67 bits per heavy atom. The third-order valence-corrected chi connectivity index (χ3v) is 2.78. The Morgan fingerprint density at radius 2 is 2.14 bits per heavy atom. The van der Waals surface area contributed by atoms with Crippen molar-refractivity contribution in [3.8, 4) is 0 Å². The van der Waals surface area contributed by atoms with Crippen molar-refractivity contribution in [2.45, 2.75) is 13.5 Å². The smallest absolute Gasteiger partial charge is 0.356 e. The number of aromatic nitrogens is 2. The van der Waals surface area contributed by atoms with Crippen molar-refractivity contribution in [3.63, 3.8) is 0 Å². The molecule has 9 heteroatoms. The fourth-order valence-electron chi connectivity index (χ4n) is 1.58. The van der Waals surface area contributed by atoms with Gasteiger partial charge in [-0.05, 0) is 6.92 Å². The molecule has 1 aromatic rings. The number of urea groups is 1. The summed E-state index contributed by atoms with van der Waals surface area (Å²) in [5.74, 6) is -1.34. The lowest BCUT2D eigenvalue weighted by molar-refractivity contribution is -0.121. The van der Waals surface area contributed by atoms with Crippen LogP contribution in [-0.4, -0.2) is 64.1 Å². The molecule has 21 heavy (non-hydrogen) atoms. The highest BCUT2D eigenvalue weighted by Crippen LogP contribution is 1.95. The van der Waals surface area contributed by atoms with Crippen molar-refractivity contribution in [1.82, 2.24) is 25.1 Å². The van der Waals surface area contributed by atoms with Crippen molar-refractivity contribution in [1.29, 1.82) is 0 Å². The van der Waals surface area contributed by atoms with E-state index < -0.39 is 5.97 Å². The monoisotopic (exact) mass is 297 g/mol. The number of imidazole rings is 1. The van der Waals surface area contributed by atoms with Gasteiger partial charge >= 0.3 is 12.0 Å². The maximum atomic E-state index is 11.8. The van der Waals surface area contributed by atoms with E-state index in [1.807, 2.05) is 0 Å². The summed E-state index contributed by atoms with van der Waals surface area (Å²) < 4.78 is 1.57. The summed E-state index contributed by atoms with van der Waals surface area (Å²) in [5.41, 5.74) is -0.0453. The molecule has 116 valence electrons. The zero-order valence-electron chi connectivity index (χ0n) is 12.0. The van der Waals surface area contributed by atoms with Crippen LogP contribution in [0.2, 0.25) is 0 Å². The van der Waals surface area contributed by atoms with E-state index in [0.29, 0.717) is 19.6 Å². The van der Waals surface area contributed by atoms with Gasteiger partial charge in [0.05, 0.1) is 6.33 Å². The van der Waals surface area contributed by atoms with Gasteiger partial charge in [0.25, 0.3) is 0 Å². The van der Waals surface area contributed by atoms with Crippen molar-refractivity contribution >= 4 is 17.9 Å². The van der Waals surface area contributed by atoms with Crippen LogP contribution in [0.25, 0.3) is 0 Å². The van der Waals surface area contributed by atoms with Crippen LogP contribution in [0.15, 0.2) is 12.5 Å². The molecule has 0 atom stereocenters. The number of carbonyl (C=O) groups excluding carboxylic acids is 2. The standard InChI is InChI=1S/C12H19N5O4/c1-3-17(7-10(18)13-2)12(21)14-4-5-16-6-9(11(19)20)15-8-16/h6,8H,3-5,7H2,1-2H3,(H,13,18)(H,14,21)(H,19,20). The van der Waals surface area contributed by atoms with Crippen molar-refractivity contribution in [2.75, 3.05) is 26.7 Å². The van der Waals surface area contributed by atoms with E-state index in [4.69, 9.17) is 5.11 Å². The molecule has 0 aliphatic heterocycles. The number of nitrogens with zero attached hydrogens (tertiary/aromatic N) is 3. The van der Waals surface area contributed by atoms with E-state index >= 15 is 0 Å². The molecular formula is C12H19N5O4. The number of carboxylic acids is 1. The Bertz CT molecular complexity index is 514. The number of likely N-dealkylation sites (N-methyl/N-ethyl adjacent to an activating group) is 2. The maximum Gasteiger partial charge on any atom is 0.356 e. The van der Waals surface area contributed by atoms with Crippen LogP contribution in [-0.2, 0) is 11.3 Å². The molecule has 1 heterocycles. The molecule has 1 aromatic heterocycles. The molecule has 0 fully saturated rings. The zero-order chi connectivity index (χ0) is 15.8. The molecule has 0 bridgehead atoms. The molecule has 0 aliphatic carbocycles. The molecule has 1 rings (SSSR count). The zero-order valence-corrected chi connectivity index (χ0v) is 12.0. The topological polar surface area (TPSA) is 117 Å². The summed E-state index contributed by atoms with van der Waals surface area (Å²) in [4.78, 5) is 38.8. The Balaban J connectivity index is 2.40. The highest BCUT2D eigenvalue weighted by Gasteiger charge is 2.14. The van der Waals surface area contributed by atoms with Crippen LogP contribution in [0.4, 0.5) is 4.79 Å². The van der Waals surface area contributed by atoms with Crippen molar-refractivity contribution < 1.29 is 19.5 Å². The molecule has 0 saturated carbocycles. The molecule has 9 nitrogen and oxygen atoms in total. The highest BCUT2D eigenvalue weighted by atomic mass is 16.4. The van der Waals surface area contributed by atoms with E-state index in [1.54, 1.807) is 11.5 Å². The van der Waals surface area contributed by atoms with E-state index in [-0.39, 0.29) is 24.2 Å². The number of carbonyl (C=O) groups is 3. The Hall–Kier alpha value is -2.58. The summed E-state index contributed by atoms with van der Waals surface area (Å²) in [6.45, 7) is 2.88. The van der Waals surface area contributed by atoms with Gasteiger partial charge in [-0.3, -0.25) is 4.79 Å². The number of hydrogen-bond donors (Lipinski definition) is 3. The summed E-state index contributed by atoms with van der Waals surface area (Å²) in [6, 6.07) is -0.348. The Morgan fingerprint density at radius 1 is 1.43 bits per heavy atom. The van der Waals surface area contributed by atoms with Gasteiger partial charge in [-0.2, -0.15) is 0 Å². The van der Waals surface area contributed by atoms with Crippen LogP contribution in [0.3, 0.4) is 0 Å². The normalized spacial score (nSPS) is 10.0. The number of nitrogens with one attached hydrogen (secondary N) is 2. The number of hydrogen-bond acceptors (Lipinski definition) is 4. The second kappa shape index (κ2) is 7.88. The second-order valence-corrected chi connectivity index (χ2v) is 4.22. The van der Waals surface area contributed by atoms with Gasteiger partial charge in [0.1, 0.15) is 6.54 Å². The molecule has 0 spiro atoms. The average molecular weight is 297 g/mol. The van der Waals surface area contributed by atoms with Gasteiger partial charge in [0.2, 0.25) is 5.91 Å². The molecule has 3 N–H and O–H groups in total. The molecule has 0 aliphatic rings. The van der Waals surface area contributed by atoms with Gasteiger partial charge in [-0.1, -0.05) is 0 Å². The molecule has 0 saturated heterocycles. The van der Waals surface area contributed by atoms with Gasteiger partial charge in [-0.15, -0.1) is 0 Å². The second-order valence-electron chi connectivity index (χ2n) is 4.22. The van der Waals surface area contributed by atoms with Crippen molar-refractivity contribution in [2.24, 2.45) is 0 Å². The first-order valence-electron chi connectivity index (χ1n) is 6.46. The minimum absolute atomic E-state index is 0.00687. The van der Waals surface area contributed by atoms with Gasteiger partial charge in [0.15, 0.2) is 5.69 Å². The number of aromatic carboxylic acids is 1. The lowest BCUT2D eigenvalue weighted by atomic mass is 10.4. The van der Waals surface area contributed by atoms with Crippen LogP contribution >= 0.6 is 0 Å². The molecular weight excluding hydrogens is 278 g/mol. The summed E-state index contributed by atoms with van der Waals surface area (Å²) >= 11 is 0. The summed E-state index contributed by atoms with van der Waals surface area (Å²) in [7, 11) is 1.51. The number of rotatable bonds is 7. The third kappa shape index (κ3) is 5.13. The van der Waals surface area contributed by atoms with Crippen molar-refractivity contribution in [3.05, 3.63) is 18.2 Å². The highest BCUT2D eigenvalue weighted by molar-refractivity contribution is 5.85. The van der Waals surface area contributed by atoms with E-state index in [0.717, 1.165) is 0 Å². The van der Waals surface area contributed by atoms with Gasteiger partial charge in [0, 0.05) is 32.9 Å². The largest absolute Gasteiger partial charge is 0.476 e. The fraction of sp³-hybridized carbons (Fsp3) is 0.500.